The molecule has 0 aliphatic carbocycles. The van der Waals surface area contributed by atoms with E-state index in [1.165, 1.54) is 0 Å². The van der Waals surface area contributed by atoms with Gasteiger partial charge in [0.25, 0.3) is 0 Å². The number of aromatic nitrogens is 1. The molecule has 14 heavy (non-hydrogen) atoms. The smallest absolute Gasteiger partial charge is 0.120 e. The van der Waals surface area contributed by atoms with Crippen molar-refractivity contribution < 1.29 is 4.74 Å². The van der Waals surface area contributed by atoms with Crippen molar-refractivity contribution in [3.05, 3.63) is 36.7 Å². The summed E-state index contributed by atoms with van der Waals surface area (Å²) in [6.07, 6.45) is 3.61. The van der Waals surface area contributed by atoms with Crippen LogP contribution in [0.5, 0.6) is 5.75 Å². The molecule has 0 bridgehead atoms. The van der Waals surface area contributed by atoms with Crippen LogP contribution in [0.25, 0.3) is 10.8 Å². The van der Waals surface area contributed by atoms with Gasteiger partial charge < -0.3 is 10.5 Å². The van der Waals surface area contributed by atoms with E-state index in [-0.39, 0.29) is 0 Å². The molecule has 1 aromatic heterocycles. The average Bonchev–Trinajstić information content (AvgIpc) is 2.26. The summed E-state index contributed by atoms with van der Waals surface area (Å²) >= 11 is 0. The highest BCUT2D eigenvalue weighted by Gasteiger charge is 1.95. The first-order chi connectivity index (χ1) is 6.90. The van der Waals surface area contributed by atoms with Crippen molar-refractivity contribution in [2.24, 2.45) is 5.73 Å². The molecule has 0 unspecified atom stereocenters. The fourth-order valence-corrected chi connectivity index (χ4v) is 1.33. The summed E-state index contributed by atoms with van der Waals surface area (Å²) in [6.45, 7) is 1.09. The average molecular weight is 188 g/mol. The number of pyridine rings is 1. The molecule has 0 saturated heterocycles. The van der Waals surface area contributed by atoms with Crippen molar-refractivity contribution in [1.82, 2.24) is 4.98 Å². The van der Waals surface area contributed by atoms with Gasteiger partial charge >= 0.3 is 0 Å². The van der Waals surface area contributed by atoms with Crippen molar-refractivity contribution in [2.75, 3.05) is 13.2 Å². The molecule has 0 radical (unpaired) electrons. The molecule has 0 fully saturated rings. The molecule has 2 rings (SSSR count). The normalized spacial score (nSPS) is 10.4. The van der Waals surface area contributed by atoms with Gasteiger partial charge in [-0.1, -0.05) is 0 Å². The minimum atomic E-state index is 0.536. The van der Waals surface area contributed by atoms with Crippen molar-refractivity contribution in [3.63, 3.8) is 0 Å². The Bertz CT molecular complexity index is 428. The van der Waals surface area contributed by atoms with Crippen LogP contribution >= 0.6 is 0 Å². The van der Waals surface area contributed by atoms with Crippen LogP contribution in [0.15, 0.2) is 36.7 Å². The predicted molar refractivity (Wildman–Crippen MR) is 56.3 cm³/mol. The van der Waals surface area contributed by atoms with Gasteiger partial charge in [-0.25, -0.2) is 0 Å². The molecule has 0 saturated carbocycles. The molecule has 2 N–H and O–H groups in total. The predicted octanol–water partition coefficient (Wildman–Crippen LogP) is 1.57. The molecule has 0 aliphatic heterocycles. The highest BCUT2D eigenvalue weighted by molar-refractivity contribution is 5.82. The summed E-state index contributed by atoms with van der Waals surface area (Å²) in [6, 6.07) is 7.88. The van der Waals surface area contributed by atoms with E-state index in [0.29, 0.717) is 13.2 Å². The van der Waals surface area contributed by atoms with E-state index in [0.717, 1.165) is 16.5 Å². The molecule has 1 aromatic carbocycles. The Morgan fingerprint density at radius 3 is 3.00 bits per heavy atom. The third kappa shape index (κ3) is 1.83. The Hall–Kier alpha value is -1.61. The Morgan fingerprint density at radius 1 is 1.21 bits per heavy atom. The number of fused-ring (bicyclic) bond motifs is 1. The molecule has 1 heterocycles. The van der Waals surface area contributed by atoms with Crippen LogP contribution in [0.1, 0.15) is 0 Å². The zero-order valence-corrected chi connectivity index (χ0v) is 7.81. The summed E-state index contributed by atoms with van der Waals surface area (Å²) < 4.78 is 5.42. The third-order valence-electron chi connectivity index (χ3n) is 2.00. The van der Waals surface area contributed by atoms with E-state index < -0.39 is 0 Å². The first kappa shape index (κ1) is 8.97. The lowest BCUT2D eigenvalue weighted by Crippen LogP contribution is -2.10. The number of nitrogens with zero attached hydrogens (tertiary/aromatic N) is 1. The topological polar surface area (TPSA) is 48.1 Å². The highest BCUT2D eigenvalue weighted by atomic mass is 16.5. The van der Waals surface area contributed by atoms with E-state index in [1.807, 2.05) is 30.5 Å². The fraction of sp³-hybridized carbons (Fsp3) is 0.182. The number of benzene rings is 1. The lowest BCUT2D eigenvalue weighted by atomic mass is 10.2. The van der Waals surface area contributed by atoms with Crippen LogP contribution in [-0.4, -0.2) is 18.1 Å². The Morgan fingerprint density at radius 2 is 2.14 bits per heavy atom. The summed E-state index contributed by atoms with van der Waals surface area (Å²) in [7, 11) is 0. The van der Waals surface area contributed by atoms with Gasteiger partial charge in [-0.15, -0.1) is 0 Å². The quantitative estimate of drug-likeness (QED) is 0.795. The van der Waals surface area contributed by atoms with Crippen molar-refractivity contribution >= 4 is 10.8 Å². The molecule has 0 atom stereocenters. The van der Waals surface area contributed by atoms with Crippen LogP contribution in [0.3, 0.4) is 0 Å². The summed E-state index contributed by atoms with van der Waals surface area (Å²) in [4.78, 5) is 4.04. The van der Waals surface area contributed by atoms with Crippen LogP contribution < -0.4 is 10.5 Å². The van der Waals surface area contributed by atoms with Crippen LogP contribution in [0, 0.1) is 0 Å². The fourth-order valence-electron chi connectivity index (χ4n) is 1.33. The number of ether oxygens (including phenoxy) is 1. The van der Waals surface area contributed by atoms with Crippen molar-refractivity contribution in [3.8, 4) is 5.75 Å². The number of hydrogen-bond donors (Lipinski definition) is 1. The Labute approximate surface area is 82.5 Å². The Balaban J connectivity index is 2.32. The second-order valence-electron chi connectivity index (χ2n) is 3.02. The molecule has 72 valence electrons. The van der Waals surface area contributed by atoms with E-state index in [1.54, 1.807) is 6.20 Å². The minimum Gasteiger partial charge on any atom is -0.492 e. The van der Waals surface area contributed by atoms with Gasteiger partial charge in [0.2, 0.25) is 0 Å². The van der Waals surface area contributed by atoms with Gasteiger partial charge in [0, 0.05) is 24.3 Å². The monoisotopic (exact) mass is 188 g/mol. The minimum absolute atomic E-state index is 0.536. The van der Waals surface area contributed by atoms with Gasteiger partial charge in [-0.3, -0.25) is 4.98 Å². The summed E-state index contributed by atoms with van der Waals surface area (Å²) in [5.74, 6) is 0.856. The Kier molecular flexibility index (Phi) is 2.60. The molecular weight excluding hydrogens is 176 g/mol. The van der Waals surface area contributed by atoms with E-state index in [9.17, 15) is 0 Å². The SMILES string of the molecule is NCCOc1ccc2cnccc2c1. The zero-order chi connectivity index (χ0) is 9.80. The second-order valence-corrected chi connectivity index (χ2v) is 3.02. The van der Waals surface area contributed by atoms with E-state index >= 15 is 0 Å². The maximum Gasteiger partial charge on any atom is 0.120 e. The lowest BCUT2D eigenvalue weighted by Gasteiger charge is -2.05. The summed E-state index contributed by atoms with van der Waals surface area (Å²) in [5.41, 5.74) is 5.35. The van der Waals surface area contributed by atoms with Crippen LogP contribution in [0.2, 0.25) is 0 Å². The van der Waals surface area contributed by atoms with E-state index in [4.69, 9.17) is 10.5 Å². The highest BCUT2D eigenvalue weighted by Crippen LogP contribution is 2.19. The van der Waals surface area contributed by atoms with Gasteiger partial charge in [0.05, 0.1) is 0 Å². The van der Waals surface area contributed by atoms with E-state index in [2.05, 4.69) is 4.98 Å². The lowest BCUT2D eigenvalue weighted by molar-refractivity contribution is 0.329. The van der Waals surface area contributed by atoms with Crippen molar-refractivity contribution in [1.29, 1.82) is 0 Å². The standard InChI is InChI=1S/C11H12N2O/c12-4-6-14-11-2-1-10-8-13-5-3-9(10)7-11/h1-3,5,7-8H,4,6,12H2. The molecule has 3 heteroatoms. The van der Waals surface area contributed by atoms with Gasteiger partial charge in [0.15, 0.2) is 0 Å². The molecule has 0 aliphatic rings. The first-order valence-electron chi connectivity index (χ1n) is 4.57. The number of hydrogen-bond acceptors (Lipinski definition) is 3. The van der Waals surface area contributed by atoms with Crippen LogP contribution in [0.4, 0.5) is 0 Å². The molecule has 0 amide bonds. The maximum absolute atomic E-state index is 5.42. The van der Waals surface area contributed by atoms with Crippen molar-refractivity contribution in [2.45, 2.75) is 0 Å². The molecule has 2 aromatic rings. The van der Waals surface area contributed by atoms with Crippen LogP contribution in [-0.2, 0) is 0 Å². The zero-order valence-electron chi connectivity index (χ0n) is 7.81. The molecule has 0 spiro atoms. The molecular formula is C11H12N2O. The first-order valence-corrected chi connectivity index (χ1v) is 4.57. The number of nitrogens with two attached hydrogens (primary N) is 1. The summed E-state index contributed by atoms with van der Waals surface area (Å²) in [5, 5.41) is 2.25. The second kappa shape index (κ2) is 4.07. The van der Waals surface area contributed by atoms with Gasteiger partial charge in [-0.05, 0) is 29.7 Å². The van der Waals surface area contributed by atoms with Gasteiger partial charge in [0.1, 0.15) is 12.4 Å². The molecule has 3 nitrogen and oxygen atoms in total. The maximum atomic E-state index is 5.42. The third-order valence-corrected chi connectivity index (χ3v) is 2.00. The largest absolute Gasteiger partial charge is 0.492 e. The van der Waals surface area contributed by atoms with Gasteiger partial charge in [-0.2, -0.15) is 0 Å². The number of rotatable bonds is 3.